The summed E-state index contributed by atoms with van der Waals surface area (Å²) in [5, 5.41) is 18.0. The standard InChI is InChI=1S/C8H11NO4/c1-2-6(11)9-4-3-5(10)7(9)8(12)13/h2,5,7,10H,1,3-4H2,(H,12,13)/t5?,7-/m0/s1. The van der Waals surface area contributed by atoms with E-state index < -0.39 is 24.0 Å². The second-order valence-corrected chi connectivity index (χ2v) is 2.87. The topological polar surface area (TPSA) is 77.8 Å². The van der Waals surface area contributed by atoms with Gasteiger partial charge in [-0.05, 0) is 12.5 Å². The third-order valence-corrected chi connectivity index (χ3v) is 2.08. The van der Waals surface area contributed by atoms with Crippen molar-refractivity contribution in [2.45, 2.75) is 18.6 Å². The lowest BCUT2D eigenvalue weighted by Crippen LogP contribution is -2.44. The van der Waals surface area contributed by atoms with Gasteiger partial charge in [-0.1, -0.05) is 6.58 Å². The van der Waals surface area contributed by atoms with Crippen molar-refractivity contribution in [3.63, 3.8) is 0 Å². The van der Waals surface area contributed by atoms with Crippen LogP contribution in [0, 0.1) is 0 Å². The molecule has 1 fully saturated rings. The van der Waals surface area contributed by atoms with Crippen LogP contribution >= 0.6 is 0 Å². The number of carboxylic acid groups (broad SMARTS) is 1. The van der Waals surface area contributed by atoms with Gasteiger partial charge < -0.3 is 15.1 Å². The summed E-state index contributed by atoms with van der Waals surface area (Å²) in [6, 6.07) is -1.12. The number of carbonyl (C=O) groups excluding carboxylic acids is 1. The van der Waals surface area contributed by atoms with Crippen LogP contribution in [0.25, 0.3) is 0 Å². The second kappa shape index (κ2) is 3.57. The van der Waals surface area contributed by atoms with E-state index in [1.165, 1.54) is 0 Å². The van der Waals surface area contributed by atoms with Gasteiger partial charge in [0.1, 0.15) is 0 Å². The molecule has 2 N–H and O–H groups in total. The van der Waals surface area contributed by atoms with Crippen molar-refractivity contribution in [1.29, 1.82) is 0 Å². The number of likely N-dealkylation sites (tertiary alicyclic amines) is 1. The second-order valence-electron chi connectivity index (χ2n) is 2.87. The average Bonchev–Trinajstić information content (AvgIpc) is 2.45. The number of hydrogen-bond acceptors (Lipinski definition) is 3. The lowest BCUT2D eigenvalue weighted by atomic mass is 10.2. The number of hydrogen-bond donors (Lipinski definition) is 2. The Balaban J connectivity index is 2.81. The van der Waals surface area contributed by atoms with E-state index in [2.05, 4.69) is 6.58 Å². The Hall–Kier alpha value is -1.36. The maximum Gasteiger partial charge on any atom is 0.329 e. The van der Waals surface area contributed by atoms with Gasteiger partial charge in [0, 0.05) is 6.54 Å². The van der Waals surface area contributed by atoms with Crippen LogP contribution in [0.15, 0.2) is 12.7 Å². The number of aliphatic hydroxyl groups excluding tert-OH is 1. The van der Waals surface area contributed by atoms with E-state index in [0.29, 0.717) is 6.42 Å². The highest BCUT2D eigenvalue weighted by Crippen LogP contribution is 2.18. The van der Waals surface area contributed by atoms with Crippen molar-refractivity contribution in [3.05, 3.63) is 12.7 Å². The molecule has 1 heterocycles. The van der Waals surface area contributed by atoms with Crippen LogP contribution in [-0.2, 0) is 9.59 Å². The Morgan fingerprint density at radius 3 is 2.62 bits per heavy atom. The van der Waals surface area contributed by atoms with Crippen LogP contribution in [0.1, 0.15) is 6.42 Å². The van der Waals surface area contributed by atoms with Crippen LogP contribution < -0.4 is 0 Å². The van der Waals surface area contributed by atoms with E-state index in [4.69, 9.17) is 5.11 Å². The Bertz CT molecular complexity index is 251. The van der Waals surface area contributed by atoms with Gasteiger partial charge in [-0.25, -0.2) is 4.79 Å². The van der Waals surface area contributed by atoms with Crippen LogP contribution in [0.4, 0.5) is 0 Å². The zero-order chi connectivity index (χ0) is 10.0. The van der Waals surface area contributed by atoms with Crippen molar-refractivity contribution in [3.8, 4) is 0 Å². The quantitative estimate of drug-likeness (QED) is 0.553. The SMILES string of the molecule is C=CC(=O)N1CCC(O)[C@H]1C(=O)O. The highest BCUT2D eigenvalue weighted by Gasteiger charge is 2.40. The molecule has 1 rings (SSSR count). The summed E-state index contributed by atoms with van der Waals surface area (Å²) < 4.78 is 0. The molecule has 13 heavy (non-hydrogen) atoms. The Kier molecular flexibility index (Phi) is 2.67. The third kappa shape index (κ3) is 1.70. The van der Waals surface area contributed by atoms with Gasteiger partial charge in [-0.3, -0.25) is 4.79 Å². The minimum absolute atomic E-state index is 0.267. The summed E-state index contributed by atoms with van der Waals surface area (Å²) in [5.74, 6) is -1.64. The minimum Gasteiger partial charge on any atom is -0.480 e. The maximum absolute atomic E-state index is 11.1. The number of amides is 1. The summed E-state index contributed by atoms with van der Waals surface area (Å²) in [6.07, 6.45) is 0.381. The fraction of sp³-hybridized carbons (Fsp3) is 0.500. The fourth-order valence-electron chi connectivity index (χ4n) is 1.44. The summed E-state index contributed by atoms with van der Waals surface area (Å²) in [6.45, 7) is 3.53. The van der Waals surface area contributed by atoms with Crippen LogP contribution in [0.3, 0.4) is 0 Å². The monoisotopic (exact) mass is 185 g/mol. The van der Waals surface area contributed by atoms with E-state index in [-0.39, 0.29) is 6.54 Å². The summed E-state index contributed by atoms with van der Waals surface area (Å²) in [4.78, 5) is 22.9. The van der Waals surface area contributed by atoms with E-state index in [1.807, 2.05) is 0 Å². The number of rotatable bonds is 2. The van der Waals surface area contributed by atoms with E-state index in [1.54, 1.807) is 0 Å². The minimum atomic E-state index is -1.18. The molecule has 72 valence electrons. The number of aliphatic hydroxyl groups is 1. The van der Waals surface area contributed by atoms with Crippen molar-refractivity contribution < 1.29 is 19.8 Å². The van der Waals surface area contributed by atoms with Gasteiger partial charge in [-0.2, -0.15) is 0 Å². The first kappa shape index (κ1) is 9.73. The molecule has 0 saturated carbocycles. The van der Waals surface area contributed by atoms with E-state index in [9.17, 15) is 14.7 Å². The zero-order valence-corrected chi connectivity index (χ0v) is 7.01. The molecular formula is C8H11NO4. The van der Waals surface area contributed by atoms with Crippen molar-refractivity contribution >= 4 is 11.9 Å². The number of carbonyl (C=O) groups is 2. The molecule has 0 bridgehead atoms. The van der Waals surface area contributed by atoms with Crippen molar-refractivity contribution in [1.82, 2.24) is 4.90 Å². The van der Waals surface area contributed by atoms with Gasteiger partial charge in [-0.15, -0.1) is 0 Å². The summed E-state index contributed by atoms with van der Waals surface area (Å²) >= 11 is 0. The molecule has 1 aliphatic heterocycles. The first-order valence-electron chi connectivity index (χ1n) is 3.92. The number of carboxylic acids is 1. The first-order chi connectivity index (χ1) is 6.07. The lowest BCUT2D eigenvalue weighted by Gasteiger charge is -2.20. The largest absolute Gasteiger partial charge is 0.480 e. The molecular weight excluding hydrogens is 174 g/mol. The molecule has 0 aromatic rings. The maximum atomic E-state index is 11.1. The highest BCUT2D eigenvalue weighted by molar-refractivity contribution is 5.91. The predicted molar refractivity (Wildman–Crippen MR) is 44.0 cm³/mol. The fourth-order valence-corrected chi connectivity index (χ4v) is 1.44. The van der Waals surface area contributed by atoms with Crippen LogP contribution in [-0.4, -0.2) is 45.7 Å². The molecule has 1 unspecified atom stereocenters. The van der Waals surface area contributed by atoms with Crippen molar-refractivity contribution in [2.24, 2.45) is 0 Å². The number of nitrogens with zero attached hydrogens (tertiary/aromatic N) is 1. The van der Waals surface area contributed by atoms with E-state index >= 15 is 0 Å². The normalized spacial score (nSPS) is 27.3. The molecule has 0 spiro atoms. The molecule has 0 aliphatic carbocycles. The van der Waals surface area contributed by atoms with Gasteiger partial charge in [0.25, 0.3) is 0 Å². The summed E-state index contributed by atoms with van der Waals surface area (Å²) in [7, 11) is 0. The summed E-state index contributed by atoms with van der Waals surface area (Å²) in [5.41, 5.74) is 0. The lowest BCUT2D eigenvalue weighted by molar-refractivity contribution is -0.149. The highest BCUT2D eigenvalue weighted by atomic mass is 16.4. The molecule has 1 amide bonds. The molecule has 5 heteroatoms. The van der Waals surface area contributed by atoms with Crippen molar-refractivity contribution in [2.75, 3.05) is 6.54 Å². The molecule has 1 saturated heterocycles. The third-order valence-electron chi connectivity index (χ3n) is 2.08. The first-order valence-corrected chi connectivity index (χ1v) is 3.92. The average molecular weight is 185 g/mol. The van der Waals surface area contributed by atoms with Gasteiger partial charge in [0.2, 0.25) is 5.91 Å². The molecule has 2 atom stereocenters. The van der Waals surface area contributed by atoms with Gasteiger partial charge in [0.05, 0.1) is 6.10 Å². The van der Waals surface area contributed by atoms with Crippen LogP contribution in [0.2, 0.25) is 0 Å². The Labute approximate surface area is 75.3 Å². The number of aliphatic carboxylic acids is 1. The molecule has 1 aliphatic rings. The van der Waals surface area contributed by atoms with E-state index in [0.717, 1.165) is 11.0 Å². The van der Waals surface area contributed by atoms with Gasteiger partial charge >= 0.3 is 5.97 Å². The Morgan fingerprint density at radius 2 is 2.15 bits per heavy atom. The van der Waals surface area contributed by atoms with Gasteiger partial charge in [0.15, 0.2) is 6.04 Å². The zero-order valence-electron chi connectivity index (χ0n) is 7.01. The molecule has 0 aromatic heterocycles. The Morgan fingerprint density at radius 1 is 1.54 bits per heavy atom. The molecule has 5 nitrogen and oxygen atoms in total. The molecule has 0 aromatic carbocycles. The van der Waals surface area contributed by atoms with Crippen LogP contribution in [0.5, 0.6) is 0 Å². The molecule has 0 radical (unpaired) electrons. The predicted octanol–water partition coefficient (Wildman–Crippen LogP) is -0.781. The smallest absolute Gasteiger partial charge is 0.329 e.